The van der Waals surface area contributed by atoms with Crippen molar-refractivity contribution in [2.75, 3.05) is 17.6 Å². The molecule has 9 nitrogen and oxygen atoms in total. The molecule has 4 N–H and O–H groups in total. The second-order valence-corrected chi connectivity index (χ2v) is 10.5. The number of halogens is 2. The van der Waals surface area contributed by atoms with Gasteiger partial charge in [0.1, 0.15) is 17.9 Å². The van der Waals surface area contributed by atoms with Gasteiger partial charge in [-0.2, -0.15) is 0 Å². The van der Waals surface area contributed by atoms with Crippen molar-refractivity contribution in [3.63, 3.8) is 0 Å². The Balaban J connectivity index is 1.75. The average Bonchev–Trinajstić information content (AvgIpc) is 3.23. The Labute approximate surface area is 217 Å². The summed E-state index contributed by atoms with van der Waals surface area (Å²) < 4.78 is 34.0. The lowest BCUT2D eigenvalue weighted by molar-refractivity contribution is -0.164. The number of amides is 2. The summed E-state index contributed by atoms with van der Waals surface area (Å²) in [6, 6.07) is 8.28. The van der Waals surface area contributed by atoms with Crippen LogP contribution >= 0.6 is 11.8 Å². The Morgan fingerprint density at radius 1 is 1.19 bits per heavy atom. The van der Waals surface area contributed by atoms with Crippen LogP contribution in [0.4, 0.5) is 19.3 Å². The summed E-state index contributed by atoms with van der Waals surface area (Å²) >= 11 is 1.14. The van der Waals surface area contributed by atoms with Gasteiger partial charge in [0.2, 0.25) is 0 Å². The minimum Gasteiger partial charge on any atom is -0.481 e. The number of carboxylic acid groups (broad SMARTS) is 1. The van der Waals surface area contributed by atoms with Gasteiger partial charge in [-0.15, -0.1) is 11.8 Å². The van der Waals surface area contributed by atoms with Crippen LogP contribution in [0.1, 0.15) is 37.3 Å². The normalized spacial score (nSPS) is 18.8. The van der Waals surface area contributed by atoms with Gasteiger partial charge in [-0.1, -0.05) is 24.3 Å². The maximum absolute atomic E-state index is 14.6. The predicted molar refractivity (Wildman–Crippen MR) is 134 cm³/mol. The molecule has 1 saturated heterocycles. The number of aliphatic carboxylic acids is 1. The Morgan fingerprint density at radius 2 is 1.89 bits per heavy atom. The lowest BCUT2D eigenvalue weighted by atomic mass is 10.1. The molecular weight excluding hydrogens is 508 g/mol. The van der Waals surface area contributed by atoms with E-state index in [1.54, 1.807) is 39.0 Å². The van der Waals surface area contributed by atoms with E-state index in [1.807, 2.05) is 0 Å². The zero-order chi connectivity index (χ0) is 27.3. The van der Waals surface area contributed by atoms with Crippen molar-refractivity contribution in [1.29, 1.82) is 0 Å². The molecule has 0 saturated carbocycles. The monoisotopic (exact) mass is 537 g/mol. The first kappa shape index (κ1) is 28.4. The number of carbonyl (C=O) groups is 3. The molecule has 37 heavy (non-hydrogen) atoms. The maximum Gasteiger partial charge on any atom is 0.324 e. The quantitative estimate of drug-likeness (QED) is 0.377. The summed E-state index contributed by atoms with van der Waals surface area (Å²) in [6.07, 6.45) is -1.67. The summed E-state index contributed by atoms with van der Waals surface area (Å²) in [5, 5.41) is 24.1. The molecule has 1 aliphatic rings. The fraction of sp³-hybridized carbons (Fsp3) is 0.400. The number of ether oxygens (including phenoxy) is 1. The number of carboxylic acids is 1. The zero-order valence-electron chi connectivity index (χ0n) is 20.5. The van der Waals surface area contributed by atoms with Gasteiger partial charge in [0.05, 0.1) is 18.3 Å². The lowest BCUT2D eigenvalue weighted by Gasteiger charge is -2.34. The van der Waals surface area contributed by atoms with Crippen molar-refractivity contribution >= 4 is 35.4 Å². The van der Waals surface area contributed by atoms with Crippen molar-refractivity contribution in [2.24, 2.45) is 0 Å². The molecule has 0 aromatic heterocycles. The van der Waals surface area contributed by atoms with E-state index in [0.717, 1.165) is 17.8 Å². The molecule has 3 atom stereocenters. The summed E-state index contributed by atoms with van der Waals surface area (Å²) in [6.45, 7) is 4.71. The number of anilines is 1. The molecule has 2 aromatic carbocycles. The number of carbonyl (C=O) groups excluding carboxylic acids is 2. The van der Waals surface area contributed by atoms with Crippen LogP contribution in [0.3, 0.4) is 0 Å². The minimum absolute atomic E-state index is 0.0465. The van der Waals surface area contributed by atoms with Crippen molar-refractivity contribution in [3.05, 3.63) is 65.2 Å². The van der Waals surface area contributed by atoms with Gasteiger partial charge >= 0.3 is 18.0 Å². The Hall–Kier alpha value is -3.22. The topological polar surface area (TPSA) is 128 Å². The van der Waals surface area contributed by atoms with E-state index in [4.69, 9.17) is 9.84 Å². The van der Waals surface area contributed by atoms with E-state index in [9.17, 15) is 28.3 Å². The van der Waals surface area contributed by atoms with Gasteiger partial charge in [-0.05, 0) is 44.5 Å². The third-order valence-electron chi connectivity index (χ3n) is 5.30. The smallest absolute Gasteiger partial charge is 0.324 e. The molecule has 0 aliphatic carbocycles. The number of hydrogen-bond acceptors (Lipinski definition) is 7. The molecule has 0 bridgehead atoms. The van der Waals surface area contributed by atoms with Crippen LogP contribution in [0, 0.1) is 11.6 Å². The van der Waals surface area contributed by atoms with Gasteiger partial charge in [-0.25, -0.2) is 18.5 Å². The van der Waals surface area contributed by atoms with Crippen molar-refractivity contribution in [3.8, 4) is 0 Å². The van der Waals surface area contributed by atoms with Gasteiger partial charge < -0.3 is 25.6 Å². The number of aliphatic hydroxyl groups is 1. The first-order chi connectivity index (χ1) is 17.4. The average molecular weight is 538 g/mol. The number of nitrogens with zero attached hydrogens (tertiary/aromatic N) is 1. The molecule has 2 aromatic rings. The van der Waals surface area contributed by atoms with E-state index in [2.05, 4.69) is 10.6 Å². The summed E-state index contributed by atoms with van der Waals surface area (Å²) in [5.41, 5.74) is -0.0309. The molecule has 0 radical (unpaired) electrons. The third kappa shape index (κ3) is 7.63. The summed E-state index contributed by atoms with van der Waals surface area (Å²) in [5.74, 6) is -3.66. The predicted octanol–water partition coefficient (Wildman–Crippen LogP) is 3.49. The van der Waals surface area contributed by atoms with E-state index >= 15 is 0 Å². The number of aliphatic hydroxyl groups excluding tert-OH is 1. The van der Waals surface area contributed by atoms with E-state index in [-0.39, 0.29) is 24.3 Å². The number of benzene rings is 2. The first-order valence-corrected chi connectivity index (χ1v) is 12.5. The van der Waals surface area contributed by atoms with Gasteiger partial charge in [-0.3, -0.25) is 9.59 Å². The molecule has 3 rings (SSSR count). The Bertz CT molecular complexity index is 1160. The molecule has 1 fully saturated rings. The largest absolute Gasteiger partial charge is 0.481 e. The minimum atomic E-state index is -1.45. The highest BCUT2D eigenvalue weighted by Gasteiger charge is 2.45. The second kappa shape index (κ2) is 11.9. The highest BCUT2D eigenvalue weighted by molar-refractivity contribution is 7.99. The number of rotatable bonds is 8. The van der Waals surface area contributed by atoms with Crippen LogP contribution in [0.25, 0.3) is 0 Å². The number of hydrogen-bond donors (Lipinski definition) is 4. The summed E-state index contributed by atoms with van der Waals surface area (Å²) in [4.78, 5) is 37.5. The van der Waals surface area contributed by atoms with Crippen LogP contribution in [-0.4, -0.2) is 63.3 Å². The molecule has 0 spiro atoms. The third-order valence-corrected chi connectivity index (χ3v) is 6.62. The molecule has 0 unspecified atom stereocenters. The SMILES string of the molecule is CC(C)(C)OC(=O)[C@@H]1CS[C@H](c2cccc(F)c2F)N1[C@H](O)CNC(=O)Nc1cccc(CC(=O)O)c1. The van der Waals surface area contributed by atoms with Gasteiger partial charge in [0.15, 0.2) is 11.6 Å². The molecule has 1 heterocycles. The van der Waals surface area contributed by atoms with Crippen molar-refractivity contribution in [2.45, 2.75) is 50.4 Å². The molecule has 12 heteroatoms. The summed E-state index contributed by atoms with van der Waals surface area (Å²) in [7, 11) is 0. The highest BCUT2D eigenvalue weighted by Crippen LogP contribution is 2.44. The van der Waals surface area contributed by atoms with E-state index < -0.39 is 52.8 Å². The van der Waals surface area contributed by atoms with Crippen LogP contribution in [-0.2, 0) is 20.7 Å². The van der Waals surface area contributed by atoms with Crippen molar-refractivity contribution < 1.29 is 38.1 Å². The molecular formula is C25H29F2N3O6S. The molecule has 2 amide bonds. The lowest BCUT2D eigenvalue weighted by Crippen LogP contribution is -2.51. The Kier molecular flexibility index (Phi) is 9.11. The van der Waals surface area contributed by atoms with Crippen LogP contribution < -0.4 is 10.6 Å². The van der Waals surface area contributed by atoms with Crippen molar-refractivity contribution in [1.82, 2.24) is 10.2 Å². The first-order valence-electron chi connectivity index (χ1n) is 11.4. The second-order valence-electron chi connectivity index (χ2n) is 9.41. The molecule has 1 aliphatic heterocycles. The number of nitrogens with one attached hydrogen (secondary N) is 2. The zero-order valence-corrected chi connectivity index (χ0v) is 21.4. The van der Waals surface area contributed by atoms with Gasteiger partial charge in [0, 0.05) is 17.0 Å². The fourth-order valence-corrected chi connectivity index (χ4v) is 5.30. The fourth-order valence-electron chi connectivity index (χ4n) is 3.80. The maximum atomic E-state index is 14.6. The van der Waals surface area contributed by atoms with Crippen LogP contribution in [0.5, 0.6) is 0 Å². The highest BCUT2D eigenvalue weighted by atomic mass is 32.2. The van der Waals surface area contributed by atoms with E-state index in [1.165, 1.54) is 23.1 Å². The molecule has 200 valence electrons. The van der Waals surface area contributed by atoms with Crippen LogP contribution in [0.2, 0.25) is 0 Å². The number of urea groups is 1. The number of thioether (sulfide) groups is 1. The Morgan fingerprint density at radius 3 is 2.57 bits per heavy atom. The van der Waals surface area contributed by atoms with Crippen LogP contribution in [0.15, 0.2) is 42.5 Å². The van der Waals surface area contributed by atoms with Gasteiger partial charge in [0.25, 0.3) is 0 Å². The number of esters is 1. The standard InChI is InChI=1S/C25H29F2N3O6S/c1-25(2,3)36-23(34)18-13-37-22(16-8-5-9-17(26)21(16)27)30(18)19(31)12-28-24(35)29-15-7-4-6-14(10-15)11-20(32)33/h4-10,18-19,22,31H,11-13H2,1-3H3,(H,32,33)(H2,28,29,35)/t18-,19+,22+/m0/s1. The van der Waals surface area contributed by atoms with E-state index in [0.29, 0.717) is 11.3 Å².